The predicted molar refractivity (Wildman–Crippen MR) is 100 cm³/mol. The number of pyridine rings is 1. The van der Waals surface area contributed by atoms with Crippen LogP contribution in [-0.4, -0.2) is 46.9 Å². The van der Waals surface area contributed by atoms with Gasteiger partial charge in [-0.1, -0.05) is 18.2 Å². The lowest BCUT2D eigenvalue weighted by atomic mass is 10.1. The summed E-state index contributed by atoms with van der Waals surface area (Å²) >= 11 is 0. The fraction of sp³-hybridized carbons (Fsp3) is 0.400. The van der Waals surface area contributed by atoms with Crippen LogP contribution in [0.4, 0.5) is 5.69 Å². The first kappa shape index (κ1) is 17.6. The third-order valence-corrected chi connectivity index (χ3v) is 4.77. The molecule has 1 fully saturated rings. The topological polar surface area (TPSA) is 48.5 Å². The van der Waals surface area contributed by atoms with Gasteiger partial charge in [-0.2, -0.15) is 0 Å². The zero-order chi connectivity index (χ0) is 17.6. The van der Waals surface area contributed by atoms with Crippen molar-refractivity contribution in [3.8, 4) is 0 Å². The Balaban J connectivity index is 1.53. The molecule has 1 unspecified atom stereocenters. The SMILES string of the molecule is CC(=O)Nc1cccc(CN2CCN(C(C)c3cccnc3)CC2)c1. The molecule has 1 amide bonds. The summed E-state index contributed by atoms with van der Waals surface area (Å²) in [5.74, 6) is -0.0323. The van der Waals surface area contributed by atoms with Crippen molar-refractivity contribution in [3.63, 3.8) is 0 Å². The molecular formula is C20H26N4O. The summed E-state index contributed by atoms with van der Waals surface area (Å²) in [4.78, 5) is 20.4. The largest absolute Gasteiger partial charge is 0.326 e. The molecule has 2 heterocycles. The summed E-state index contributed by atoms with van der Waals surface area (Å²) in [7, 11) is 0. The van der Waals surface area contributed by atoms with E-state index < -0.39 is 0 Å². The molecule has 3 rings (SSSR count). The molecule has 2 aromatic rings. The van der Waals surface area contributed by atoms with Crippen molar-refractivity contribution in [1.29, 1.82) is 0 Å². The van der Waals surface area contributed by atoms with Crippen molar-refractivity contribution in [2.45, 2.75) is 26.4 Å². The second kappa shape index (κ2) is 8.23. The number of nitrogens with one attached hydrogen (secondary N) is 1. The van der Waals surface area contributed by atoms with E-state index in [1.807, 2.05) is 30.6 Å². The average Bonchev–Trinajstić information content (AvgIpc) is 2.62. The van der Waals surface area contributed by atoms with E-state index in [4.69, 9.17) is 0 Å². The van der Waals surface area contributed by atoms with E-state index in [2.05, 4.69) is 45.2 Å². The van der Waals surface area contributed by atoms with Crippen LogP contribution in [0.5, 0.6) is 0 Å². The van der Waals surface area contributed by atoms with Gasteiger partial charge in [0.1, 0.15) is 0 Å². The highest BCUT2D eigenvalue weighted by Crippen LogP contribution is 2.21. The molecule has 1 aliphatic rings. The molecule has 1 atom stereocenters. The fourth-order valence-electron chi connectivity index (χ4n) is 3.35. The van der Waals surface area contributed by atoms with E-state index in [9.17, 15) is 4.79 Å². The molecule has 0 aliphatic carbocycles. The van der Waals surface area contributed by atoms with Crippen molar-refractivity contribution in [2.75, 3.05) is 31.5 Å². The zero-order valence-electron chi connectivity index (χ0n) is 15.0. The maximum atomic E-state index is 11.2. The van der Waals surface area contributed by atoms with E-state index in [0.717, 1.165) is 38.4 Å². The van der Waals surface area contributed by atoms with E-state index in [-0.39, 0.29) is 5.91 Å². The van der Waals surface area contributed by atoms with Crippen LogP contribution in [0.25, 0.3) is 0 Å². The molecule has 1 aliphatic heterocycles. The van der Waals surface area contributed by atoms with Gasteiger partial charge in [0.25, 0.3) is 0 Å². The number of carbonyl (C=O) groups excluding carboxylic acids is 1. The van der Waals surface area contributed by atoms with Gasteiger partial charge >= 0.3 is 0 Å². The standard InChI is InChI=1S/C20H26N4O/c1-16(19-6-4-8-21-14-19)24-11-9-23(10-12-24)15-18-5-3-7-20(13-18)22-17(2)25/h3-8,13-14,16H,9-12,15H2,1-2H3,(H,22,25). The van der Waals surface area contributed by atoms with E-state index in [0.29, 0.717) is 6.04 Å². The number of hydrogen-bond donors (Lipinski definition) is 1. The summed E-state index contributed by atoms with van der Waals surface area (Å²) < 4.78 is 0. The van der Waals surface area contributed by atoms with E-state index in [1.54, 1.807) is 0 Å². The lowest BCUT2D eigenvalue weighted by molar-refractivity contribution is -0.114. The van der Waals surface area contributed by atoms with Crippen LogP contribution < -0.4 is 5.32 Å². The number of aromatic nitrogens is 1. The van der Waals surface area contributed by atoms with Crippen molar-refractivity contribution in [1.82, 2.24) is 14.8 Å². The van der Waals surface area contributed by atoms with E-state index in [1.165, 1.54) is 18.1 Å². The molecule has 0 radical (unpaired) electrons. The van der Waals surface area contributed by atoms with Gasteiger partial charge in [-0.15, -0.1) is 0 Å². The van der Waals surface area contributed by atoms with Gasteiger partial charge in [0.2, 0.25) is 5.91 Å². The number of hydrogen-bond acceptors (Lipinski definition) is 4. The summed E-state index contributed by atoms with van der Waals surface area (Å²) in [6, 6.07) is 12.7. The van der Waals surface area contributed by atoms with Gasteiger partial charge in [0.05, 0.1) is 0 Å². The van der Waals surface area contributed by atoms with Gasteiger partial charge in [0, 0.05) is 63.8 Å². The van der Waals surface area contributed by atoms with Gasteiger partial charge in [-0.25, -0.2) is 0 Å². The minimum atomic E-state index is -0.0323. The number of benzene rings is 1. The number of amides is 1. The minimum absolute atomic E-state index is 0.0323. The summed E-state index contributed by atoms with van der Waals surface area (Å²) in [5, 5.41) is 2.85. The first-order chi connectivity index (χ1) is 12.1. The number of rotatable bonds is 5. The third-order valence-electron chi connectivity index (χ3n) is 4.77. The first-order valence-electron chi connectivity index (χ1n) is 8.84. The molecule has 0 spiro atoms. The Morgan fingerprint density at radius 1 is 1.20 bits per heavy atom. The number of piperazine rings is 1. The minimum Gasteiger partial charge on any atom is -0.326 e. The van der Waals surface area contributed by atoms with Crippen LogP contribution >= 0.6 is 0 Å². The van der Waals surface area contributed by atoms with Gasteiger partial charge in [-0.3, -0.25) is 19.6 Å². The molecule has 1 aromatic carbocycles. The predicted octanol–water partition coefficient (Wildman–Crippen LogP) is 2.92. The average molecular weight is 338 g/mol. The molecule has 1 saturated heterocycles. The second-order valence-corrected chi connectivity index (χ2v) is 6.66. The monoisotopic (exact) mass is 338 g/mol. The normalized spacial score (nSPS) is 17.2. The quantitative estimate of drug-likeness (QED) is 0.911. The smallest absolute Gasteiger partial charge is 0.221 e. The van der Waals surface area contributed by atoms with Crippen LogP contribution in [0, 0.1) is 0 Å². The van der Waals surface area contributed by atoms with E-state index >= 15 is 0 Å². The highest BCUT2D eigenvalue weighted by atomic mass is 16.1. The highest BCUT2D eigenvalue weighted by molar-refractivity contribution is 5.88. The van der Waals surface area contributed by atoms with Crippen molar-refractivity contribution in [2.24, 2.45) is 0 Å². The molecular weight excluding hydrogens is 312 g/mol. The van der Waals surface area contributed by atoms with Crippen LogP contribution in [-0.2, 0) is 11.3 Å². The molecule has 5 nitrogen and oxygen atoms in total. The number of anilines is 1. The van der Waals surface area contributed by atoms with Crippen LogP contribution in [0.3, 0.4) is 0 Å². The summed E-state index contributed by atoms with van der Waals surface area (Å²) in [6.07, 6.45) is 3.79. The number of carbonyl (C=O) groups is 1. The lowest BCUT2D eigenvalue weighted by Crippen LogP contribution is -2.46. The Bertz CT molecular complexity index is 696. The molecule has 0 saturated carbocycles. The zero-order valence-corrected chi connectivity index (χ0v) is 15.0. The Labute approximate surface area is 149 Å². The molecule has 25 heavy (non-hydrogen) atoms. The Morgan fingerprint density at radius 2 is 2.00 bits per heavy atom. The van der Waals surface area contributed by atoms with Crippen LogP contribution in [0.15, 0.2) is 48.8 Å². The second-order valence-electron chi connectivity index (χ2n) is 6.66. The maximum Gasteiger partial charge on any atom is 0.221 e. The fourth-order valence-corrected chi connectivity index (χ4v) is 3.35. The molecule has 132 valence electrons. The first-order valence-corrected chi connectivity index (χ1v) is 8.84. The van der Waals surface area contributed by atoms with Gasteiger partial charge in [0.15, 0.2) is 0 Å². The highest BCUT2D eigenvalue weighted by Gasteiger charge is 2.22. The van der Waals surface area contributed by atoms with Crippen molar-refractivity contribution in [3.05, 3.63) is 59.9 Å². The van der Waals surface area contributed by atoms with Crippen molar-refractivity contribution >= 4 is 11.6 Å². The molecule has 1 N–H and O–H groups in total. The Morgan fingerprint density at radius 3 is 2.68 bits per heavy atom. The van der Waals surface area contributed by atoms with Gasteiger partial charge in [-0.05, 0) is 36.2 Å². The Kier molecular flexibility index (Phi) is 5.79. The van der Waals surface area contributed by atoms with Crippen LogP contribution in [0.2, 0.25) is 0 Å². The number of nitrogens with zero attached hydrogens (tertiary/aromatic N) is 3. The summed E-state index contributed by atoms with van der Waals surface area (Å²) in [6.45, 7) is 8.92. The molecule has 0 bridgehead atoms. The maximum absolute atomic E-state index is 11.2. The lowest BCUT2D eigenvalue weighted by Gasteiger charge is -2.38. The molecule has 1 aromatic heterocycles. The molecule has 5 heteroatoms. The third kappa shape index (κ3) is 4.87. The Hall–Kier alpha value is -2.24. The van der Waals surface area contributed by atoms with Gasteiger partial charge < -0.3 is 5.32 Å². The van der Waals surface area contributed by atoms with Crippen molar-refractivity contribution < 1.29 is 4.79 Å². The van der Waals surface area contributed by atoms with Crippen LogP contribution in [0.1, 0.15) is 31.0 Å². The summed E-state index contributed by atoms with van der Waals surface area (Å²) in [5.41, 5.74) is 3.38.